The van der Waals surface area contributed by atoms with Gasteiger partial charge in [0.15, 0.2) is 0 Å². The summed E-state index contributed by atoms with van der Waals surface area (Å²) in [6.45, 7) is 4.15. The molecule has 1 saturated carbocycles. The van der Waals surface area contributed by atoms with Crippen molar-refractivity contribution in [3.05, 3.63) is 0 Å². The number of carbonyl (C=O) groups excluding carboxylic acids is 1. The van der Waals surface area contributed by atoms with Crippen LogP contribution in [0.15, 0.2) is 0 Å². The van der Waals surface area contributed by atoms with Gasteiger partial charge in [-0.1, -0.05) is 39.0 Å². The normalized spacial score (nSPS) is 20.9. The molecule has 0 bridgehead atoms. The van der Waals surface area contributed by atoms with Crippen LogP contribution in [0.5, 0.6) is 0 Å². The fraction of sp³-hybridized carbons (Fsp3) is 0.929. The predicted molar refractivity (Wildman–Crippen MR) is 69.7 cm³/mol. The minimum absolute atomic E-state index is 0.124. The zero-order valence-corrected chi connectivity index (χ0v) is 11.2. The molecule has 1 rings (SSSR count). The van der Waals surface area contributed by atoms with Crippen molar-refractivity contribution in [2.45, 2.75) is 64.9 Å². The highest BCUT2D eigenvalue weighted by molar-refractivity contribution is 5.78. The van der Waals surface area contributed by atoms with E-state index in [1.54, 1.807) is 6.92 Å². The molecule has 3 heteroatoms. The Balaban J connectivity index is 2.32. The van der Waals surface area contributed by atoms with E-state index in [2.05, 4.69) is 12.2 Å². The molecule has 0 aromatic carbocycles. The molecule has 0 spiro atoms. The van der Waals surface area contributed by atoms with Gasteiger partial charge in [-0.05, 0) is 25.7 Å². The lowest BCUT2D eigenvalue weighted by molar-refractivity contribution is -0.126. The van der Waals surface area contributed by atoms with Gasteiger partial charge in [0, 0.05) is 12.5 Å². The Morgan fingerprint density at radius 2 is 2.00 bits per heavy atom. The largest absolute Gasteiger partial charge is 0.392 e. The van der Waals surface area contributed by atoms with Crippen LogP contribution in [0.2, 0.25) is 0 Å². The standard InChI is InChI=1S/C14H27NO2/c1-3-13(14(17)15-10-11(2)16)9-12-7-5-4-6-8-12/h11-13,16H,3-10H2,1-2H3,(H,15,17). The zero-order chi connectivity index (χ0) is 12.7. The third kappa shape index (κ3) is 5.53. The number of rotatable bonds is 6. The maximum absolute atomic E-state index is 11.9. The van der Waals surface area contributed by atoms with Crippen LogP contribution in [0.25, 0.3) is 0 Å². The summed E-state index contributed by atoms with van der Waals surface area (Å²) in [4.78, 5) is 11.9. The van der Waals surface area contributed by atoms with Crippen LogP contribution in [0, 0.1) is 11.8 Å². The SMILES string of the molecule is CCC(CC1CCCCC1)C(=O)NCC(C)O. The second kappa shape index (κ2) is 7.70. The lowest BCUT2D eigenvalue weighted by Gasteiger charge is -2.25. The molecule has 1 fully saturated rings. The van der Waals surface area contributed by atoms with Crippen LogP contribution < -0.4 is 5.32 Å². The van der Waals surface area contributed by atoms with Crippen molar-refractivity contribution in [3.63, 3.8) is 0 Å². The van der Waals surface area contributed by atoms with E-state index in [1.807, 2.05) is 0 Å². The third-order valence-corrected chi connectivity index (χ3v) is 3.78. The fourth-order valence-electron chi connectivity index (χ4n) is 2.68. The van der Waals surface area contributed by atoms with Crippen LogP contribution in [0.1, 0.15) is 58.8 Å². The Morgan fingerprint density at radius 1 is 1.35 bits per heavy atom. The van der Waals surface area contributed by atoms with Gasteiger partial charge >= 0.3 is 0 Å². The number of aliphatic hydroxyl groups is 1. The lowest BCUT2D eigenvalue weighted by atomic mass is 9.82. The summed E-state index contributed by atoms with van der Waals surface area (Å²) in [7, 11) is 0. The highest BCUT2D eigenvalue weighted by atomic mass is 16.3. The van der Waals surface area contributed by atoms with Crippen molar-refractivity contribution in [2.75, 3.05) is 6.54 Å². The van der Waals surface area contributed by atoms with Crippen LogP contribution in [-0.4, -0.2) is 23.7 Å². The van der Waals surface area contributed by atoms with Crippen molar-refractivity contribution >= 4 is 5.91 Å². The molecule has 1 aliphatic carbocycles. The van der Waals surface area contributed by atoms with E-state index >= 15 is 0 Å². The van der Waals surface area contributed by atoms with Crippen molar-refractivity contribution in [1.82, 2.24) is 5.32 Å². The first-order valence-electron chi connectivity index (χ1n) is 7.09. The first-order chi connectivity index (χ1) is 8.13. The lowest BCUT2D eigenvalue weighted by Crippen LogP contribution is -2.36. The molecule has 0 aromatic heterocycles. The van der Waals surface area contributed by atoms with Crippen LogP contribution in [0.4, 0.5) is 0 Å². The second-order valence-corrected chi connectivity index (χ2v) is 5.44. The summed E-state index contributed by atoms with van der Waals surface area (Å²) in [6, 6.07) is 0. The molecule has 0 aromatic rings. The Morgan fingerprint density at radius 3 is 2.53 bits per heavy atom. The van der Waals surface area contributed by atoms with Gasteiger partial charge in [-0.2, -0.15) is 0 Å². The Bertz CT molecular complexity index is 222. The average molecular weight is 241 g/mol. The van der Waals surface area contributed by atoms with E-state index in [0.717, 1.165) is 18.8 Å². The maximum Gasteiger partial charge on any atom is 0.223 e. The number of hydrogen-bond donors (Lipinski definition) is 2. The van der Waals surface area contributed by atoms with Gasteiger partial charge < -0.3 is 10.4 Å². The molecule has 2 unspecified atom stereocenters. The smallest absolute Gasteiger partial charge is 0.223 e. The highest BCUT2D eigenvalue weighted by Crippen LogP contribution is 2.30. The van der Waals surface area contributed by atoms with Gasteiger partial charge in [0.05, 0.1) is 6.10 Å². The van der Waals surface area contributed by atoms with E-state index in [-0.39, 0.29) is 11.8 Å². The number of nitrogens with one attached hydrogen (secondary N) is 1. The number of amides is 1. The summed E-state index contributed by atoms with van der Waals surface area (Å²) in [5, 5.41) is 12.0. The minimum Gasteiger partial charge on any atom is -0.392 e. The molecule has 2 N–H and O–H groups in total. The van der Waals surface area contributed by atoms with Crippen LogP contribution in [-0.2, 0) is 4.79 Å². The summed E-state index contributed by atoms with van der Waals surface area (Å²) >= 11 is 0. The molecule has 0 heterocycles. The zero-order valence-electron chi connectivity index (χ0n) is 11.2. The van der Waals surface area contributed by atoms with Gasteiger partial charge in [-0.15, -0.1) is 0 Å². The molecular weight excluding hydrogens is 214 g/mol. The van der Waals surface area contributed by atoms with Gasteiger partial charge in [0.2, 0.25) is 5.91 Å². The summed E-state index contributed by atoms with van der Waals surface area (Å²) < 4.78 is 0. The van der Waals surface area contributed by atoms with Crippen molar-refractivity contribution < 1.29 is 9.90 Å². The van der Waals surface area contributed by atoms with Gasteiger partial charge in [0.1, 0.15) is 0 Å². The topological polar surface area (TPSA) is 49.3 Å². The van der Waals surface area contributed by atoms with Crippen molar-refractivity contribution in [3.8, 4) is 0 Å². The predicted octanol–water partition coefficient (Wildman–Crippen LogP) is 2.48. The monoisotopic (exact) mass is 241 g/mol. The van der Waals surface area contributed by atoms with Gasteiger partial charge in [0.25, 0.3) is 0 Å². The van der Waals surface area contributed by atoms with E-state index in [4.69, 9.17) is 5.11 Å². The number of aliphatic hydroxyl groups excluding tert-OH is 1. The molecular formula is C14H27NO2. The molecule has 2 atom stereocenters. The quantitative estimate of drug-likeness (QED) is 0.750. The van der Waals surface area contributed by atoms with Crippen molar-refractivity contribution in [2.24, 2.45) is 11.8 Å². The molecule has 17 heavy (non-hydrogen) atoms. The Labute approximate surface area is 105 Å². The highest BCUT2D eigenvalue weighted by Gasteiger charge is 2.22. The minimum atomic E-state index is -0.453. The third-order valence-electron chi connectivity index (χ3n) is 3.78. The molecule has 100 valence electrons. The Kier molecular flexibility index (Phi) is 6.56. The first-order valence-corrected chi connectivity index (χ1v) is 7.09. The van der Waals surface area contributed by atoms with E-state index in [1.165, 1.54) is 32.1 Å². The van der Waals surface area contributed by atoms with Crippen molar-refractivity contribution in [1.29, 1.82) is 0 Å². The molecule has 1 aliphatic rings. The van der Waals surface area contributed by atoms with Crippen LogP contribution in [0.3, 0.4) is 0 Å². The summed E-state index contributed by atoms with van der Waals surface area (Å²) in [6.07, 6.45) is 8.09. The first kappa shape index (κ1) is 14.5. The van der Waals surface area contributed by atoms with Crippen LogP contribution >= 0.6 is 0 Å². The fourth-order valence-corrected chi connectivity index (χ4v) is 2.68. The molecule has 3 nitrogen and oxygen atoms in total. The number of hydrogen-bond acceptors (Lipinski definition) is 2. The summed E-state index contributed by atoms with van der Waals surface area (Å²) in [5.41, 5.74) is 0. The maximum atomic E-state index is 11.9. The molecule has 0 aliphatic heterocycles. The second-order valence-electron chi connectivity index (χ2n) is 5.44. The number of carbonyl (C=O) groups is 1. The van der Waals surface area contributed by atoms with Gasteiger partial charge in [-0.25, -0.2) is 0 Å². The molecule has 0 saturated heterocycles. The summed E-state index contributed by atoms with van der Waals surface area (Å²) in [5.74, 6) is 1.00. The van der Waals surface area contributed by atoms with E-state index in [9.17, 15) is 4.79 Å². The Hall–Kier alpha value is -0.570. The van der Waals surface area contributed by atoms with Gasteiger partial charge in [-0.3, -0.25) is 4.79 Å². The molecule has 0 radical (unpaired) electrons. The van der Waals surface area contributed by atoms with E-state index in [0.29, 0.717) is 6.54 Å². The van der Waals surface area contributed by atoms with E-state index < -0.39 is 6.10 Å². The molecule has 1 amide bonds. The average Bonchev–Trinajstić information content (AvgIpc) is 2.34.